The third-order valence-electron chi connectivity index (χ3n) is 0.979. The summed E-state index contributed by atoms with van der Waals surface area (Å²) in [6, 6.07) is 0. The standard InChI is InChI=1S/C8H16/c1-4-5-6-7-8(2)3/h8H,4-5,7H2,1-3H3. The maximum absolute atomic E-state index is 3.33. The lowest BCUT2D eigenvalue weighted by molar-refractivity contribution is 0.616. The molecule has 0 aromatic heterocycles. The van der Waals surface area contributed by atoms with Crippen LogP contribution in [0, 0.1) is 12.3 Å². The van der Waals surface area contributed by atoms with E-state index in [2.05, 4.69) is 27.2 Å². The van der Waals surface area contributed by atoms with Crippen molar-refractivity contribution in [2.45, 2.75) is 40.0 Å². The van der Waals surface area contributed by atoms with Crippen LogP contribution in [0.15, 0.2) is 0 Å². The Bertz CT molecular complexity index is 37.3. The average molecular weight is 112 g/mol. The van der Waals surface area contributed by atoms with Gasteiger partial charge in [0.25, 0.3) is 0 Å². The lowest BCUT2D eigenvalue weighted by Gasteiger charge is -1.99. The summed E-state index contributed by atoms with van der Waals surface area (Å²) >= 11 is 0. The largest absolute Gasteiger partial charge is 0.0654 e. The number of hydrogen-bond donors (Lipinski definition) is 0. The summed E-state index contributed by atoms with van der Waals surface area (Å²) in [5.74, 6) is 0.793. The van der Waals surface area contributed by atoms with Crippen LogP contribution in [0.1, 0.15) is 40.0 Å². The molecule has 0 saturated heterocycles. The molecule has 48 valence electrons. The van der Waals surface area contributed by atoms with Crippen LogP contribution in [-0.4, -0.2) is 0 Å². The van der Waals surface area contributed by atoms with Gasteiger partial charge in [-0.05, 0) is 25.2 Å². The second-order valence-electron chi connectivity index (χ2n) is 2.60. The van der Waals surface area contributed by atoms with Gasteiger partial charge < -0.3 is 0 Å². The van der Waals surface area contributed by atoms with Gasteiger partial charge in [-0.25, -0.2) is 0 Å². The maximum Gasteiger partial charge on any atom is -0.0171 e. The summed E-state index contributed by atoms with van der Waals surface area (Å²) < 4.78 is 0. The van der Waals surface area contributed by atoms with Crippen LogP contribution in [0.5, 0.6) is 0 Å². The molecule has 8 heavy (non-hydrogen) atoms. The molecule has 0 aliphatic heterocycles. The fourth-order valence-electron chi connectivity index (χ4n) is 0.568. The lowest BCUT2D eigenvalue weighted by atomic mass is 10.1. The van der Waals surface area contributed by atoms with E-state index >= 15 is 0 Å². The molecule has 0 nitrogen and oxygen atoms in total. The summed E-state index contributed by atoms with van der Waals surface area (Å²) in [5.41, 5.74) is 0. The summed E-state index contributed by atoms with van der Waals surface area (Å²) in [7, 11) is 0. The highest BCUT2D eigenvalue weighted by molar-refractivity contribution is 4.64. The normalized spacial score (nSPS) is 10.5. The molecule has 0 atom stereocenters. The first kappa shape index (κ1) is 8.00. The number of unbranched alkanes of at least 4 members (excludes halogenated alkanes) is 2. The Labute approximate surface area is 53.3 Å². The highest BCUT2D eigenvalue weighted by atomic mass is 14.0. The predicted molar refractivity (Wildman–Crippen MR) is 37.6 cm³/mol. The van der Waals surface area contributed by atoms with Crippen molar-refractivity contribution in [3.63, 3.8) is 0 Å². The van der Waals surface area contributed by atoms with E-state index in [0.717, 1.165) is 18.8 Å². The minimum atomic E-state index is 0.793. The van der Waals surface area contributed by atoms with Gasteiger partial charge in [-0.2, -0.15) is 0 Å². The van der Waals surface area contributed by atoms with E-state index in [1.807, 2.05) is 0 Å². The van der Waals surface area contributed by atoms with Gasteiger partial charge in [0, 0.05) is 0 Å². The first-order valence-electron chi connectivity index (χ1n) is 3.48. The second kappa shape index (κ2) is 5.14. The average Bonchev–Trinajstić information content (AvgIpc) is 1.66. The van der Waals surface area contributed by atoms with Crippen molar-refractivity contribution in [1.82, 2.24) is 0 Å². The van der Waals surface area contributed by atoms with Gasteiger partial charge in [0.1, 0.15) is 0 Å². The molecule has 0 saturated carbocycles. The zero-order chi connectivity index (χ0) is 6.41. The van der Waals surface area contributed by atoms with Crippen LogP contribution in [-0.2, 0) is 0 Å². The molecule has 0 heterocycles. The first-order valence-corrected chi connectivity index (χ1v) is 3.48. The molecule has 0 fully saturated rings. The zero-order valence-corrected chi connectivity index (χ0v) is 6.20. The highest BCUT2D eigenvalue weighted by Gasteiger charge is 1.91. The zero-order valence-electron chi connectivity index (χ0n) is 6.20. The fourth-order valence-corrected chi connectivity index (χ4v) is 0.568. The topological polar surface area (TPSA) is 0 Å². The van der Waals surface area contributed by atoms with Crippen LogP contribution >= 0.6 is 0 Å². The third-order valence-corrected chi connectivity index (χ3v) is 0.979. The second-order valence-corrected chi connectivity index (χ2v) is 2.60. The highest BCUT2D eigenvalue weighted by Crippen LogP contribution is 2.05. The van der Waals surface area contributed by atoms with E-state index in [4.69, 9.17) is 0 Å². The molecule has 2 radical (unpaired) electrons. The van der Waals surface area contributed by atoms with Crippen LogP contribution in [0.3, 0.4) is 0 Å². The Balaban J connectivity index is 2.72. The van der Waals surface area contributed by atoms with Gasteiger partial charge in [-0.3, -0.25) is 0 Å². The van der Waals surface area contributed by atoms with Crippen molar-refractivity contribution in [1.29, 1.82) is 0 Å². The minimum Gasteiger partial charge on any atom is -0.0654 e. The van der Waals surface area contributed by atoms with Crippen LogP contribution < -0.4 is 0 Å². The molecule has 0 aliphatic carbocycles. The minimum absolute atomic E-state index is 0.793. The van der Waals surface area contributed by atoms with E-state index in [1.165, 1.54) is 6.42 Å². The molecular weight excluding hydrogens is 96.1 g/mol. The molecule has 0 bridgehead atoms. The van der Waals surface area contributed by atoms with Gasteiger partial charge in [0.15, 0.2) is 0 Å². The van der Waals surface area contributed by atoms with Crippen molar-refractivity contribution in [2.75, 3.05) is 0 Å². The van der Waals surface area contributed by atoms with Crippen molar-refractivity contribution >= 4 is 0 Å². The molecule has 0 heteroatoms. The SMILES string of the molecule is CCC[C]CC(C)C. The lowest BCUT2D eigenvalue weighted by Crippen LogP contribution is -1.86. The number of hydrogen-bond acceptors (Lipinski definition) is 0. The third kappa shape index (κ3) is 6.00. The number of rotatable bonds is 4. The van der Waals surface area contributed by atoms with Gasteiger partial charge >= 0.3 is 0 Å². The maximum atomic E-state index is 3.33. The first-order chi connectivity index (χ1) is 3.77. The molecular formula is C8H16. The Morgan fingerprint density at radius 1 is 1.38 bits per heavy atom. The van der Waals surface area contributed by atoms with E-state index in [9.17, 15) is 0 Å². The predicted octanol–water partition coefficient (Wildman–Crippen LogP) is 2.91. The Hall–Kier alpha value is 0. The van der Waals surface area contributed by atoms with Crippen LogP contribution in [0.2, 0.25) is 0 Å². The summed E-state index contributed by atoms with van der Waals surface area (Å²) in [4.78, 5) is 0. The summed E-state index contributed by atoms with van der Waals surface area (Å²) in [5, 5.41) is 0. The molecule has 0 aromatic carbocycles. The van der Waals surface area contributed by atoms with Crippen molar-refractivity contribution < 1.29 is 0 Å². The van der Waals surface area contributed by atoms with Crippen molar-refractivity contribution in [3.8, 4) is 0 Å². The van der Waals surface area contributed by atoms with Crippen LogP contribution in [0.4, 0.5) is 0 Å². The molecule has 0 aromatic rings. The summed E-state index contributed by atoms with van der Waals surface area (Å²) in [6.07, 6.45) is 6.90. The monoisotopic (exact) mass is 112 g/mol. The smallest absolute Gasteiger partial charge is 0.0171 e. The summed E-state index contributed by atoms with van der Waals surface area (Å²) in [6.45, 7) is 6.64. The van der Waals surface area contributed by atoms with Gasteiger partial charge in [0.05, 0.1) is 0 Å². The molecule has 0 spiro atoms. The van der Waals surface area contributed by atoms with E-state index in [-0.39, 0.29) is 0 Å². The Kier molecular flexibility index (Phi) is 5.14. The molecule has 0 rings (SSSR count). The van der Waals surface area contributed by atoms with Gasteiger partial charge in [0.2, 0.25) is 0 Å². The fraction of sp³-hybridized carbons (Fsp3) is 0.875. The Morgan fingerprint density at radius 3 is 2.38 bits per heavy atom. The molecule has 0 amide bonds. The van der Waals surface area contributed by atoms with E-state index in [0.29, 0.717) is 0 Å². The van der Waals surface area contributed by atoms with Crippen molar-refractivity contribution in [2.24, 2.45) is 5.92 Å². The van der Waals surface area contributed by atoms with Crippen molar-refractivity contribution in [3.05, 3.63) is 6.42 Å². The van der Waals surface area contributed by atoms with E-state index < -0.39 is 0 Å². The van der Waals surface area contributed by atoms with E-state index in [1.54, 1.807) is 0 Å². The molecule has 0 N–H and O–H groups in total. The Morgan fingerprint density at radius 2 is 2.00 bits per heavy atom. The molecule has 0 aliphatic rings. The van der Waals surface area contributed by atoms with Gasteiger partial charge in [-0.1, -0.05) is 27.2 Å². The quantitative estimate of drug-likeness (QED) is 0.490. The van der Waals surface area contributed by atoms with Gasteiger partial charge in [-0.15, -0.1) is 0 Å². The molecule has 0 unspecified atom stereocenters. The van der Waals surface area contributed by atoms with Crippen LogP contribution in [0.25, 0.3) is 0 Å².